The minimum atomic E-state index is -0.201. The summed E-state index contributed by atoms with van der Waals surface area (Å²) >= 11 is 0. The van der Waals surface area contributed by atoms with Crippen molar-refractivity contribution in [2.24, 2.45) is 4.99 Å². The van der Waals surface area contributed by atoms with E-state index in [4.69, 9.17) is 4.74 Å². The van der Waals surface area contributed by atoms with E-state index in [2.05, 4.69) is 28.6 Å². The molecule has 0 radical (unpaired) electrons. The molecule has 0 aromatic carbocycles. The second-order valence-corrected chi connectivity index (χ2v) is 5.68. The van der Waals surface area contributed by atoms with Crippen molar-refractivity contribution >= 4 is 12.8 Å². The minimum Gasteiger partial charge on any atom is -0.448 e. The molecule has 2 aliphatic heterocycles. The summed E-state index contributed by atoms with van der Waals surface area (Å²) < 4.78 is 5.37. The Kier molecular flexibility index (Phi) is 5.79. The highest BCUT2D eigenvalue weighted by atomic mass is 16.6. The summed E-state index contributed by atoms with van der Waals surface area (Å²) in [5, 5.41) is 0. The monoisotopic (exact) mass is 282 g/mol. The second-order valence-electron chi connectivity index (χ2n) is 5.68. The lowest BCUT2D eigenvalue weighted by molar-refractivity contribution is 0.0727. The van der Waals surface area contributed by atoms with E-state index in [0.29, 0.717) is 13.2 Å². The van der Waals surface area contributed by atoms with E-state index in [1.165, 1.54) is 0 Å². The maximum Gasteiger partial charge on any atom is 0.409 e. The largest absolute Gasteiger partial charge is 0.448 e. The molecule has 114 valence electrons. The Balaban J connectivity index is 1.63. The molecule has 1 atom stereocenters. The van der Waals surface area contributed by atoms with Crippen molar-refractivity contribution in [1.82, 2.24) is 14.7 Å². The SMILES string of the molecule is C=N[C@H]1CCCN(C(=O)OCCN2CCN(C)CC2)C1. The van der Waals surface area contributed by atoms with Crippen LogP contribution in [-0.2, 0) is 4.74 Å². The van der Waals surface area contributed by atoms with Gasteiger partial charge < -0.3 is 14.5 Å². The zero-order valence-electron chi connectivity index (χ0n) is 12.5. The quantitative estimate of drug-likeness (QED) is 0.706. The lowest BCUT2D eigenvalue weighted by Gasteiger charge is -2.33. The first kappa shape index (κ1) is 15.3. The van der Waals surface area contributed by atoms with Crippen LogP contribution in [0.5, 0.6) is 0 Å². The highest BCUT2D eigenvalue weighted by Gasteiger charge is 2.23. The van der Waals surface area contributed by atoms with Gasteiger partial charge >= 0.3 is 6.09 Å². The second kappa shape index (κ2) is 7.59. The summed E-state index contributed by atoms with van der Waals surface area (Å²) in [6, 6.07) is 0.175. The lowest BCUT2D eigenvalue weighted by Crippen LogP contribution is -2.46. The van der Waals surface area contributed by atoms with Crippen LogP contribution in [0.4, 0.5) is 4.79 Å². The average molecular weight is 282 g/mol. The number of nitrogens with zero attached hydrogens (tertiary/aromatic N) is 4. The molecule has 0 N–H and O–H groups in total. The van der Waals surface area contributed by atoms with E-state index in [1.807, 2.05) is 0 Å². The number of aliphatic imine (C=N–C) groups is 1. The third kappa shape index (κ3) is 4.45. The summed E-state index contributed by atoms with van der Waals surface area (Å²) in [5.41, 5.74) is 0. The van der Waals surface area contributed by atoms with Gasteiger partial charge in [0, 0.05) is 45.8 Å². The van der Waals surface area contributed by atoms with E-state index in [0.717, 1.165) is 52.1 Å². The fraction of sp³-hybridized carbons (Fsp3) is 0.857. The smallest absolute Gasteiger partial charge is 0.409 e. The number of hydrogen-bond donors (Lipinski definition) is 0. The Labute approximate surface area is 121 Å². The van der Waals surface area contributed by atoms with Crippen molar-refractivity contribution in [3.05, 3.63) is 0 Å². The van der Waals surface area contributed by atoms with Gasteiger partial charge in [0.05, 0.1) is 6.04 Å². The molecule has 0 spiro atoms. The van der Waals surface area contributed by atoms with E-state index in [1.54, 1.807) is 4.90 Å². The Bertz CT molecular complexity index is 329. The Hall–Kier alpha value is -1.14. The number of amides is 1. The number of piperidine rings is 1. The number of piperazine rings is 1. The summed E-state index contributed by atoms with van der Waals surface area (Å²) in [6.07, 6.45) is 1.80. The zero-order valence-corrected chi connectivity index (χ0v) is 12.5. The summed E-state index contributed by atoms with van der Waals surface area (Å²) in [4.78, 5) is 22.4. The average Bonchev–Trinajstić information content (AvgIpc) is 2.49. The normalized spacial score (nSPS) is 25.4. The molecule has 2 saturated heterocycles. The van der Waals surface area contributed by atoms with Crippen LogP contribution in [0.25, 0.3) is 0 Å². The first-order valence-electron chi connectivity index (χ1n) is 7.47. The molecule has 20 heavy (non-hydrogen) atoms. The maximum absolute atomic E-state index is 12.0. The Morgan fingerprint density at radius 2 is 2.05 bits per heavy atom. The Morgan fingerprint density at radius 3 is 2.75 bits per heavy atom. The highest BCUT2D eigenvalue weighted by molar-refractivity contribution is 5.67. The molecule has 2 fully saturated rings. The third-order valence-corrected chi connectivity index (χ3v) is 4.14. The van der Waals surface area contributed by atoms with Crippen LogP contribution in [0, 0.1) is 0 Å². The first-order chi connectivity index (χ1) is 9.69. The van der Waals surface area contributed by atoms with E-state index in [-0.39, 0.29) is 12.1 Å². The summed E-state index contributed by atoms with van der Waals surface area (Å²) in [5.74, 6) is 0. The van der Waals surface area contributed by atoms with E-state index >= 15 is 0 Å². The van der Waals surface area contributed by atoms with E-state index in [9.17, 15) is 4.79 Å². The van der Waals surface area contributed by atoms with Crippen molar-refractivity contribution in [2.75, 3.05) is 59.5 Å². The van der Waals surface area contributed by atoms with Gasteiger partial charge in [0.1, 0.15) is 6.61 Å². The van der Waals surface area contributed by atoms with Gasteiger partial charge in [-0.3, -0.25) is 9.89 Å². The lowest BCUT2D eigenvalue weighted by atomic mass is 10.1. The van der Waals surface area contributed by atoms with Crippen LogP contribution in [0.2, 0.25) is 0 Å². The predicted molar refractivity (Wildman–Crippen MR) is 79.4 cm³/mol. The molecular weight excluding hydrogens is 256 g/mol. The van der Waals surface area contributed by atoms with Crippen molar-refractivity contribution in [2.45, 2.75) is 18.9 Å². The minimum absolute atomic E-state index is 0.175. The van der Waals surface area contributed by atoms with Crippen LogP contribution in [-0.4, -0.2) is 93.0 Å². The molecule has 0 unspecified atom stereocenters. The molecule has 6 heteroatoms. The molecule has 0 aliphatic carbocycles. The van der Waals surface area contributed by atoms with Crippen molar-refractivity contribution in [3.8, 4) is 0 Å². The van der Waals surface area contributed by atoms with E-state index < -0.39 is 0 Å². The molecule has 2 aliphatic rings. The van der Waals surface area contributed by atoms with Gasteiger partial charge in [-0.1, -0.05) is 0 Å². The number of carbonyl (C=O) groups excluding carboxylic acids is 1. The predicted octanol–water partition coefficient (Wildman–Crippen LogP) is 0.535. The van der Waals surface area contributed by atoms with Gasteiger partial charge in [-0.05, 0) is 26.6 Å². The highest BCUT2D eigenvalue weighted by Crippen LogP contribution is 2.13. The van der Waals surface area contributed by atoms with Gasteiger partial charge in [-0.15, -0.1) is 0 Å². The molecule has 2 heterocycles. The molecule has 0 aromatic heterocycles. The maximum atomic E-state index is 12.0. The molecule has 6 nitrogen and oxygen atoms in total. The van der Waals surface area contributed by atoms with Gasteiger partial charge in [0.15, 0.2) is 0 Å². The van der Waals surface area contributed by atoms with Crippen LogP contribution < -0.4 is 0 Å². The molecule has 0 bridgehead atoms. The summed E-state index contributed by atoms with van der Waals surface area (Å²) in [6.45, 7) is 10.6. The molecule has 0 aromatic rings. The zero-order chi connectivity index (χ0) is 14.4. The van der Waals surface area contributed by atoms with Gasteiger partial charge in [0.2, 0.25) is 0 Å². The van der Waals surface area contributed by atoms with Gasteiger partial charge in [-0.2, -0.15) is 0 Å². The van der Waals surface area contributed by atoms with Gasteiger partial charge in [-0.25, -0.2) is 4.79 Å². The fourth-order valence-corrected chi connectivity index (χ4v) is 2.69. The molecule has 1 amide bonds. The van der Waals surface area contributed by atoms with Crippen molar-refractivity contribution in [3.63, 3.8) is 0 Å². The fourth-order valence-electron chi connectivity index (χ4n) is 2.69. The first-order valence-corrected chi connectivity index (χ1v) is 7.47. The third-order valence-electron chi connectivity index (χ3n) is 4.14. The van der Waals surface area contributed by atoms with Crippen LogP contribution >= 0.6 is 0 Å². The number of rotatable bonds is 4. The molecule has 2 rings (SSSR count). The molecule has 0 saturated carbocycles. The number of ether oxygens (including phenoxy) is 1. The van der Waals surface area contributed by atoms with Crippen molar-refractivity contribution in [1.29, 1.82) is 0 Å². The number of likely N-dealkylation sites (N-methyl/N-ethyl adjacent to an activating group) is 1. The number of hydrogen-bond acceptors (Lipinski definition) is 5. The van der Waals surface area contributed by atoms with Crippen molar-refractivity contribution < 1.29 is 9.53 Å². The molecular formula is C14H26N4O2. The van der Waals surface area contributed by atoms with Crippen LogP contribution in [0.1, 0.15) is 12.8 Å². The van der Waals surface area contributed by atoms with Crippen LogP contribution in [0.15, 0.2) is 4.99 Å². The topological polar surface area (TPSA) is 48.4 Å². The number of likely N-dealkylation sites (tertiary alicyclic amines) is 1. The standard InChI is InChI=1S/C14H26N4O2/c1-15-13-4-3-5-18(12-13)14(19)20-11-10-17-8-6-16(2)7-9-17/h13H,1,3-12H2,2H3/t13-/m0/s1. The van der Waals surface area contributed by atoms with Crippen LogP contribution in [0.3, 0.4) is 0 Å². The van der Waals surface area contributed by atoms with Gasteiger partial charge in [0.25, 0.3) is 0 Å². The summed E-state index contributed by atoms with van der Waals surface area (Å²) in [7, 11) is 2.14. The Morgan fingerprint density at radius 1 is 1.30 bits per heavy atom. The number of carbonyl (C=O) groups is 1.